The second kappa shape index (κ2) is 8.26. The van der Waals surface area contributed by atoms with Crippen LogP contribution in [0.5, 0.6) is 5.75 Å². The van der Waals surface area contributed by atoms with E-state index in [1.807, 2.05) is 24.4 Å². The highest BCUT2D eigenvalue weighted by atomic mass is 16.5. The lowest BCUT2D eigenvalue weighted by molar-refractivity contribution is 0.301. The molecule has 0 aliphatic carbocycles. The van der Waals surface area contributed by atoms with E-state index in [0.717, 1.165) is 24.5 Å². The number of piperidine rings is 1. The molecule has 3 nitrogen and oxygen atoms in total. The molecule has 0 radical (unpaired) electrons. The van der Waals surface area contributed by atoms with Crippen LogP contribution in [0.2, 0.25) is 0 Å². The normalized spacial score (nSPS) is 14.2. The molecule has 0 atom stereocenters. The lowest BCUT2D eigenvalue weighted by Crippen LogP contribution is -2.30. The average molecular weight is 358 g/mol. The Labute approximate surface area is 161 Å². The topological polar surface area (TPSA) is 25.4 Å². The average Bonchev–Trinajstić information content (AvgIpc) is 2.75. The predicted molar refractivity (Wildman–Crippen MR) is 111 cm³/mol. The van der Waals surface area contributed by atoms with Gasteiger partial charge in [0.25, 0.3) is 0 Å². The summed E-state index contributed by atoms with van der Waals surface area (Å²) in [5, 5.41) is 0. The lowest BCUT2D eigenvalue weighted by atomic mass is 10.1. The molecule has 0 saturated carbocycles. The molecule has 0 unspecified atom stereocenters. The first-order valence-corrected chi connectivity index (χ1v) is 9.78. The van der Waals surface area contributed by atoms with Gasteiger partial charge in [-0.25, -0.2) is 0 Å². The van der Waals surface area contributed by atoms with E-state index in [0.29, 0.717) is 6.61 Å². The van der Waals surface area contributed by atoms with E-state index in [4.69, 9.17) is 4.74 Å². The second-order valence-corrected chi connectivity index (χ2v) is 7.19. The van der Waals surface area contributed by atoms with E-state index in [2.05, 4.69) is 59.3 Å². The number of nitrogens with zero attached hydrogens (tertiary/aromatic N) is 2. The molecular formula is C24H26N2O. The molecule has 138 valence electrons. The van der Waals surface area contributed by atoms with Gasteiger partial charge in [0.2, 0.25) is 0 Å². The first kappa shape index (κ1) is 17.6. The highest BCUT2D eigenvalue weighted by molar-refractivity contribution is 5.63. The Hall–Kier alpha value is -2.81. The van der Waals surface area contributed by atoms with Crippen LogP contribution in [0.25, 0.3) is 11.1 Å². The number of hydrogen-bond donors (Lipinski definition) is 0. The summed E-state index contributed by atoms with van der Waals surface area (Å²) in [7, 11) is 0. The van der Waals surface area contributed by atoms with Gasteiger partial charge >= 0.3 is 0 Å². The number of rotatable bonds is 5. The van der Waals surface area contributed by atoms with E-state index in [-0.39, 0.29) is 0 Å². The SMILES string of the molecule is Cc1cnc(COc2ccc(-c3ccccc3)cc2)cc1N1CCCCC1. The predicted octanol–water partition coefficient (Wildman–Crippen LogP) is 5.63. The van der Waals surface area contributed by atoms with Crippen molar-refractivity contribution in [2.75, 3.05) is 18.0 Å². The van der Waals surface area contributed by atoms with Gasteiger partial charge in [-0.3, -0.25) is 4.98 Å². The molecule has 0 amide bonds. The number of aryl methyl sites for hydroxylation is 1. The van der Waals surface area contributed by atoms with Crippen molar-refractivity contribution >= 4 is 5.69 Å². The lowest BCUT2D eigenvalue weighted by Gasteiger charge is -2.30. The maximum Gasteiger partial charge on any atom is 0.130 e. The van der Waals surface area contributed by atoms with Crippen molar-refractivity contribution in [1.82, 2.24) is 4.98 Å². The fourth-order valence-electron chi connectivity index (χ4n) is 3.64. The van der Waals surface area contributed by atoms with E-state index < -0.39 is 0 Å². The molecule has 3 aromatic rings. The van der Waals surface area contributed by atoms with Gasteiger partial charge in [-0.05, 0) is 61.1 Å². The highest BCUT2D eigenvalue weighted by Gasteiger charge is 2.14. The zero-order chi connectivity index (χ0) is 18.5. The van der Waals surface area contributed by atoms with Crippen molar-refractivity contribution in [3.63, 3.8) is 0 Å². The Morgan fingerprint density at radius 3 is 2.33 bits per heavy atom. The number of ether oxygens (including phenoxy) is 1. The largest absolute Gasteiger partial charge is 0.487 e. The van der Waals surface area contributed by atoms with Crippen molar-refractivity contribution in [3.8, 4) is 16.9 Å². The quantitative estimate of drug-likeness (QED) is 0.591. The Morgan fingerprint density at radius 2 is 1.59 bits per heavy atom. The summed E-state index contributed by atoms with van der Waals surface area (Å²) in [4.78, 5) is 7.05. The molecular weight excluding hydrogens is 332 g/mol. The molecule has 1 aliphatic heterocycles. The van der Waals surface area contributed by atoms with Crippen molar-refractivity contribution in [3.05, 3.63) is 78.1 Å². The number of benzene rings is 2. The van der Waals surface area contributed by atoms with Crippen LogP contribution in [0.3, 0.4) is 0 Å². The van der Waals surface area contributed by atoms with Crippen molar-refractivity contribution in [2.24, 2.45) is 0 Å². The second-order valence-electron chi connectivity index (χ2n) is 7.19. The van der Waals surface area contributed by atoms with Crippen LogP contribution in [0.15, 0.2) is 66.9 Å². The fraction of sp³-hybridized carbons (Fsp3) is 0.292. The highest BCUT2D eigenvalue weighted by Crippen LogP contribution is 2.25. The molecule has 0 bridgehead atoms. The maximum absolute atomic E-state index is 5.98. The molecule has 1 saturated heterocycles. The molecule has 0 N–H and O–H groups in total. The minimum Gasteiger partial charge on any atom is -0.487 e. The number of anilines is 1. The molecule has 27 heavy (non-hydrogen) atoms. The van der Waals surface area contributed by atoms with Crippen LogP contribution in [-0.2, 0) is 6.61 Å². The molecule has 0 spiro atoms. The maximum atomic E-state index is 5.98. The smallest absolute Gasteiger partial charge is 0.130 e. The van der Waals surface area contributed by atoms with Crippen LogP contribution in [0.1, 0.15) is 30.5 Å². The molecule has 2 aromatic carbocycles. The van der Waals surface area contributed by atoms with Crippen LogP contribution in [0, 0.1) is 6.92 Å². The van der Waals surface area contributed by atoms with Gasteiger partial charge in [-0.15, -0.1) is 0 Å². The first-order valence-electron chi connectivity index (χ1n) is 9.78. The van der Waals surface area contributed by atoms with Crippen LogP contribution >= 0.6 is 0 Å². The van der Waals surface area contributed by atoms with Gasteiger partial charge in [-0.2, -0.15) is 0 Å². The number of aromatic nitrogens is 1. The zero-order valence-electron chi connectivity index (χ0n) is 15.9. The Bertz CT molecular complexity index is 869. The molecule has 3 heteroatoms. The number of hydrogen-bond acceptors (Lipinski definition) is 3. The fourth-order valence-corrected chi connectivity index (χ4v) is 3.64. The van der Waals surface area contributed by atoms with Crippen molar-refractivity contribution < 1.29 is 4.74 Å². The molecule has 1 fully saturated rings. The standard InChI is InChI=1S/C24H26N2O/c1-19-17-25-22(16-24(19)26-14-6-3-7-15-26)18-27-23-12-10-21(11-13-23)20-8-4-2-5-9-20/h2,4-5,8-13,16-17H,3,6-7,14-15,18H2,1H3. The van der Waals surface area contributed by atoms with Crippen molar-refractivity contribution in [1.29, 1.82) is 0 Å². The van der Waals surface area contributed by atoms with E-state index in [9.17, 15) is 0 Å². The first-order chi connectivity index (χ1) is 13.3. The summed E-state index contributed by atoms with van der Waals surface area (Å²) < 4.78 is 5.98. The zero-order valence-corrected chi connectivity index (χ0v) is 15.9. The summed E-state index contributed by atoms with van der Waals surface area (Å²) >= 11 is 0. The Morgan fingerprint density at radius 1 is 0.889 bits per heavy atom. The van der Waals surface area contributed by atoms with E-state index >= 15 is 0 Å². The molecule has 2 heterocycles. The summed E-state index contributed by atoms with van der Waals surface area (Å²) in [6.45, 7) is 4.92. The minimum absolute atomic E-state index is 0.492. The third kappa shape index (κ3) is 4.30. The Balaban J connectivity index is 1.42. The van der Waals surface area contributed by atoms with Gasteiger partial charge in [-0.1, -0.05) is 42.5 Å². The molecule has 1 aromatic heterocycles. The Kier molecular flexibility index (Phi) is 5.38. The summed E-state index contributed by atoms with van der Waals surface area (Å²) in [6, 6.07) is 20.9. The third-order valence-electron chi connectivity index (χ3n) is 5.18. The van der Waals surface area contributed by atoms with Gasteiger partial charge in [0, 0.05) is 25.0 Å². The number of pyridine rings is 1. The third-order valence-corrected chi connectivity index (χ3v) is 5.18. The van der Waals surface area contributed by atoms with Crippen molar-refractivity contribution in [2.45, 2.75) is 32.8 Å². The van der Waals surface area contributed by atoms with Crippen LogP contribution in [-0.4, -0.2) is 18.1 Å². The summed E-state index contributed by atoms with van der Waals surface area (Å²) in [6.07, 6.45) is 5.87. The van der Waals surface area contributed by atoms with Gasteiger partial charge in [0.15, 0.2) is 0 Å². The van der Waals surface area contributed by atoms with Gasteiger partial charge in [0.05, 0.1) is 5.69 Å². The van der Waals surface area contributed by atoms with E-state index in [1.165, 1.54) is 41.6 Å². The summed E-state index contributed by atoms with van der Waals surface area (Å²) in [5.74, 6) is 0.872. The van der Waals surface area contributed by atoms with Crippen LogP contribution in [0.4, 0.5) is 5.69 Å². The van der Waals surface area contributed by atoms with Crippen LogP contribution < -0.4 is 9.64 Å². The monoisotopic (exact) mass is 358 g/mol. The molecule has 4 rings (SSSR count). The minimum atomic E-state index is 0.492. The summed E-state index contributed by atoms with van der Waals surface area (Å²) in [5.41, 5.74) is 5.95. The van der Waals surface area contributed by atoms with Gasteiger partial charge in [0.1, 0.15) is 12.4 Å². The molecule has 1 aliphatic rings. The van der Waals surface area contributed by atoms with Gasteiger partial charge < -0.3 is 9.64 Å². The van der Waals surface area contributed by atoms with E-state index in [1.54, 1.807) is 0 Å².